The first kappa shape index (κ1) is 14.9. The average molecular weight is 394 g/mol. The fourth-order valence-corrected chi connectivity index (χ4v) is 4.06. The molecule has 1 aliphatic carbocycles. The molecule has 1 aromatic carbocycles. The summed E-state index contributed by atoms with van der Waals surface area (Å²) in [4.78, 5) is 0. The second-order valence-corrected chi connectivity index (χ2v) is 8.27. The Labute approximate surface area is 138 Å². The Morgan fingerprint density at radius 1 is 0.765 bits per heavy atom. The monoisotopic (exact) mass is 390 g/mol. The van der Waals surface area contributed by atoms with Crippen molar-refractivity contribution in [2.24, 2.45) is 0 Å². The zero-order valence-electron chi connectivity index (χ0n) is 7.68. The summed E-state index contributed by atoms with van der Waals surface area (Å²) < 4.78 is -5.32. The van der Waals surface area contributed by atoms with Crippen molar-refractivity contribution in [1.29, 1.82) is 0 Å². The van der Waals surface area contributed by atoms with Crippen molar-refractivity contribution in [1.82, 2.24) is 0 Å². The molecule has 0 saturated heterocycles. The van der Waals surface area contributed by atoms with Gasteiger partial charge < -0.3 is 0 Å². The molecule has 0 radical (unpaired) electrons. The number of rotatable bonds is 0. The van der Waals surface area contributed by atoms with Crippen molar-refractivity contribution in [3.05, 3.63) is 33.3 Å². The molecule has 0 nitrogen and oxygen atoms in total. The molecule has 0 N–H and O–H groups in total. The van der Waals surface area contributed by atoms with Crippen LogP contribution in [-0.2, 0) is 8.67 Å². The molecule has 17 heavy (non-hydrogen) atoms. The highest BCUT2D eigenvalue weighted by Gasteiger charge is 2.69. The third-order valence-corrected chi connectivity index (χ3v) is 7.17. The fourth-order valence-electron chi connectivity index (χ4n) is 1.64. The standard InChI is InChI=1S/C9H2Cl8/c10-4-2-1-3-5(6(4)11)8(14,15)9(16,17)7(3,12)13/h1-2H. The summed E-state index contributed by atoms with van der Waals surface area (Å²) >= 11 is 48.6. The van der Waals surface area contributed by atoms with E-state index < -0.39 is 13.0 Å². The van der Waals surface area contributed by atoms with Gasteiger partial charge in [0.1, 0.15) is 0 Å². The number of hydrogen-bond acceptors (Lipinski definition) is 0. The average Bonchev–Trinajstić information content (AvgIpc) is 2.29. The predicted molar refractivity (Wildman–Crippen MR) is 77.7 cm³/mol. The van der Waals surface area contributed by atoms with Crippen LogP contribution in [0.1, 0.15) is 11.1 Å². The van der Waals surface area contributed by atoms with Crippen LogP contribution in [0.25, 0.3) is 0 Å². The molecule has 2 rings (SSSR count). The van der Waals surface area contributed by atoms with Gasteiger partial charge in [-0.05, 0) is 11.6 Å². The predicted octanol–water partition coefficient (Wildman–Crippen LogP) is 6.44. The number of benzene rings is 1. The quantitative estimate of drug-likeness (QED) is 0.445. The molecule has 0 amide bonds. The molecule has 0 heterocycles. The van der Waals surface area contributed by atoms with E-state index >= 15 is 0 Å². The van der Waals surface area contributed by atoms with Gasteiger partial charge in [0.05, 0.1) is 10.0 Å². The molecule has 0 atom stereocenters. The summed E-state index contributed by atoms with van der Waals surface area (Å²) in [5.41, 5.74) is 0.565. The zero-order valence-corrected chi connectivity index (χ0v) is 13.7. The highest BCUT2D eigenvalue weighted by molar-refractivity contribution is 6.71. The van der Waals surface area contributed by atoms with Crippen LogP contribution in [0.5, 0.6) is 0 Å². The summed E-state index contributed by atoms with van der Waals surface area (Å²) in [6.45, 7) is 0. The highest BCUT2D eigenvalue weighted by atomic mass is 35.5. The van der Waals surface area contributed by atoms with Crippen LogP contribution >= 0.6 is 92.8 Å². The van der Waals surface area contributed by atoms with E-state index in [-0.39, 0.29) is 15.6 Å². The van der Waals surface area contributed by atoms with Gasteiger partial charge in [0.2, 0.25) is 0 Å². The minimum Gasteiger partial charge on any atom is -0.0941 e. The van der Waals surface area contributed by atoms with E-state index in [0.717, 1.165) is 0 Å². The van der Waals surface area contributed by atoms with Crippen LogP contribution in [0.3, 0.4) is 0 Å². The first-order valence-corrected chi connectivity index (χ1v) is 7.20. The molecule has 0 aromatic heterocycles. The molecule has 0 aliphatic heterocycles. The first-order valence-electron chi connectivity index (χ1n) is 4.17. The molecule has 0 bridgehead atoms. The summed E-state index contributed by atoms with van der Waals surface area (Å²) in [5.74, 6) is 0. The maximum absolute atomic E-state index is 6.14. The van der Waals surface area contributed by atoms with Gasteiger partial charge in [-0.1, -0.05) is 98.9 Å². The van der Waals surface area contributed by atoms with Gasteiger partial charge in [-0.15, -0.1) is 0 Å². The van der Waals surface area contributed by atoms with Gasteiger partial charge in [-0.3, -0.25) is 0 Å². The molecular weight excluding hydrogens is 392 g/mol. The largest absolute Gasteiger partial charge is 0.191 e. The summed E-state index contributed by atoms with van der Waals surface area (Å²) in [6, 6.07) is 3.05. The summed E-state index contributed by atoms with van der Waals surface area (Å²) in [7, 11) is 0. The van der Waals surface area contributed by atoms with E-state index in [1.807, 2.05) is 0 Å². The van der Waals surface area contributed by atoms with Gasteiger partial charge in [0.15, 0.2) is 13.0 Å². The summed E-state index contributed by atoms with van der Waals surface area (Å²) in [6.07, 6.45) is 0. The van der Waals surface area contributed by atoms with Crippen molar-refractivity contribution >= 4 is 92.8 Å². The Morgan fingerprint density at radius 3 is 1.82 bits per heavy atom. The Bertz CT molecular complexity index is 490. The van der Waals surface area contributed by atoms with Crippen LogP contribution in [0.15, 0.2) is 12.1 Å². The lowest BCUT2D eigenvalue weighted by molar-refractivity contribution is 0.687. The van der Waals surface area contributed by atoms with Crippen LogP contribution in [0.2, 0.25) is 10.0 Å². The molecule has 0 unspecified atom stereocenters. The molecule has 94 valence electrons. The van der Waals surface area contributed by atoms with Crippen molar-refractivity contribution in [2.45, 2.75) is 13.0 Å². The second kappa shape index (κ2) is 4.27. The maximum atomic E-state index is 6.14. The summed E-state index contributed by atoms with van der Waals surface area (Å²) in [5, 5.41) is 0.384. The van der Waals surface area contributed by atoms with Gasteiger partial charge in [-0.25, -0.2) is 0 Å². The minimum atomic E-state index is -1.86. The number of hydrogen-bond donors (Lipinski definition) is 0. The lowest BCUT2D eigenvalue weighted by Crippen LogP contribution is -2.38. The van der Waals surface area contributed by atoms with Crippen LogP contribution in [-0.4, -0.2) is 4.33 Å². The lowest BCUT2D eigenvalue weighted by atomic mass is 10.1. The van der Waals surface area contributed by atoms with Gasteiger partial charge in [0.25, 0.3) is 0 Å². The Kier molecular flexibility index (Phi) is 3.75. The molecule has 0 saturated carbocycles. The fraction of sp³-hybridized carbons (Fsp3) is 0.333. The number of halogens is 8. The van der Waals surface area contributed by atoms with Crippen molar-refractivity contribution in [3.63, 3.8) is 0 Å². The van der Waals surface area contributed by atoms with E-state index in [0.29, 0.717) is 5.56 Å². The molecule has 0 fully saturated rings. The van der Waals surface area contributed by atoms with Crippen molar-refractivity contribution < 1.29 is 0 Å². The highest BCUT2D eigenvalue weighted by Crippen LogP contribution is 2.70. The van der Waals surface area contributed by atoms with E-state index in [1.54, 1.807) is 0 Å². The van der Waals surface area contributed by atoms with Crippen LogP contribution in [0.4, 0.5) is 0 Å². The van der Waals surface area contributed by atoms with E-state index in [9.17, 15) is 0 Å². The maximum Gasteiger partial charge on any atom is 0.191 e. The van der Waals surface area contributed by atoms with Crippen molar-refractivity contribution in [3.8, 4) is 0 Å². The molecule has 1 aliphatic rings. The lowest BCUT2D eigenvalue weighted by Gasteiger charge is -2.32. The van der Waals surface area contributed by atoms with Gasteiger partial charge in [0, 0.05) is 5.56 Å². The smallest absolute Gasteiger partial charge is 0.0941 e. The SMILES string of the molecule is Clc1ccc2c(c1Cl)C(Cl)(Cl)C(Cl)(Cl)C2(Cl)Cl. The molecular formula is C9H2Cl8. The third kappa shape index (κ3) is 1.80. The van der Waals surface area contributed by atoms with Crippen molar-refractivity contribution in [2.75, 3.05) is 0 Å². The van der Waals surface area contributed by atoms with Gasteiger partial charge >= 0.3 is 0 Å². The first-order chi connectivity index (χ1) is 7.55. The zero-order chi connectivity index (χ0) is 13.2. The number of alkyl halides is 6. The molecule has 0 spiro atoms. The molecule has 1 aromatic rings. The normalized spacial score (nSPS) is 23.5. The topological polar surface area (TPSA) is 0 Å². The number of fused-ring (bicyclic) bond motifs is 1. The Balaban J connectivity index is 2.88. The van der Waals surface area contributed by atoms with E-state index in [1.165, 1.54) is 12.1 Å². The van der Waals surface area contributed by atoms with Gasteiger partial charge in [-0.2, -0.15) is 0 Å². The van der Waals surface area contributed by atoms with E-state index in [4.69, 9.17) is 92.8 Å². The van der Waals surface area contributed by atoms with Crippen LogP contribution in [0, 0.1) is 0 Å². The third-order valence-electron chi connectivity index (χ3n) is 2.54. The van der Waals surface area contributed by atoms with E-state index in [2.05, 4.69) is 0 Å². The second-order valence-electron chi connectivity index (χ2n) is 3.51. The Hall–Kier alpha value is 1.54. The minimum absolute atomic E-state index is 0.128. The molecule has 8 heteroatoms. The Morgan fingerprint density at radius 2 is 1.29 bits per heavy atom. The van der Waals surface area contributed by atoms with Crippen LogP contribution < -0.4 is 0 Å².